The summed E-state index contributed by atoms with van der Waals surface area (Å²) in [6.45, 7) is 2.05. The van der Waals surface area contributed by atoms with E-state index in [9.17, 15) is 4.79 Å². The first-order valence-corrected chi connectivity index (χ1v) is 8.10. The highest BCUT2D eigenvalue weighted by atomic mass is 32.1. The van der Waals surface area contributed by atoms with Crippen molar-refractivity contribution in [1.82, 2.24) is 0 Å². The molecule has 0 fully saturated rings. The maximum Gasteiger partial charge on any atom is 0.212 e. The summed E-state index contributed by atoms with van der Waals surface area (Å²) < 4.78 is 0. The minimum atomic E-state index is 0.214. The smallest absolute Gasteiger partial charge is 0.212 e. The van der Waals surface area contributed by atoms with Gasteiger partial charge in [-0.1, -0.05) is 6.42 Å². The van der Waals surface area contributed by atoms with Gasteiger partial charge in [0.25, 0.3) is 0 Å². The molecule has 3 heteroatoms. The quantitative estimate of drug-likeness (QED) is 0.578. The van der Waals surface area contributed by atoms with Crippen molar-refractivity contribution in [2.24, 2.45) is 0 Å². The molecular weight excluding hydrogens is 260 g/mol. The molecule has 0 aromatic carbocycles. The highest BCUT2D eigenvalue weighted by Crippen LogP contribution is 2.31. The summed E-state index contributed by atoms with van der Waals surface area (Å²) in [5, 5.41) is 0. The fourth-order valence-electron chi connectivity index (χ4n) is 2.46. The molecule has 1 nitrogen and oxygen atoms in total. The van der Waals surface area contributed by atoms with Crippen molar-refractivity contribution in [2.45, 2.75) is 39.0 Å². The highest BCUT2D eigenvalue weighted by Gasteiger charge is 2.18. The molecule has 0 unspecified atom stereocenters. The average molecular weight is 276 g/mol. The second-order valence-corrected chi connectivity index (χ2v) is 7.28. The largest absolute Gasteiger partial charge is 0.287 e. The van der Waals surface area contributed by atoms with Gasteiger partial charge in [0.15, 0.2) is 0 Å². The Morgan fingerprint density at radius 3 is 2.67 bits per heavy atom. The zero-order valence-corrected chi connectivity index (χ0v) is 12.1. The fourth-order valence-corrected chi connectivity index (χ4v) is 4.55. The van der Waals surface area contributed by atoms with E-state index in [1.165, 1.54) is 34.6 Å². The lowest BCUT2D eigenvalue weighted by atomic mass is 10.1. The molecular formula is C15H16OS2. The van der Waals surface area contributed by atoms with Crippen molar-refractivity contribution in [3.8, 4) is 0 Å². The van der Waals surface area contributed by atoms with Crippen molar-refractivity contribution in [3.63, 3.8) is 0 Å². The minimum Gasteiger partial charge on any atom is -0.287 e. The van der Waals surface area contributed by atoms with E-state index in [4.69, 9.17) is 0 Å². The molecule has 0 bridgehead atoms. The zero-order valence-electron chi connectivity index (χ0n) is 10.5. The molecule has 94 valence electrons. The molecule has 0 atom stereocenters. The Morgan fingerprint density at radius 2 is 1.89 bits per heavy atom. The van der Waals surface area contributed by atoms with Gasteiger partial charge in [-0.15, -0.1) is 22.7 Å². The van der Waals surface area contributed by atoms with Gasteiger partial charge in [-0.05, 0) is 56.4 Å². The molecule has 0 radical (unpaired) electrons. The topological polar surface area (TPSA) is 17.1 Å². The normalized spacial score (nSPS) is 15.2. The van der Waals surface area contributed by atoms with E-state index >= 15 is 0 Å². The molecule has 3 rings (SSSR count). The molecule has 0 saturated heterocycles. The van der Waals surface area contributed by atoms with Gasteiger partial charge in [-0.2, -0.15) is 0 Å². The molecule has 0 saturated carbocycles. The molecule has 1 aliphatic rings. The number of ketones is 1. The first-order valence-electron chi connectivity index (χ1n) is 6.47. The van der Waals surface area contributed by atoms with Gasteiger partial charge in [-0.3, -0.25) is 4.79 Å². The summed E-state index contributed by atoms with van der Waals surface area (Å²) in [5.74, 6) is 0.214. The predicted molar refractivity (Wildman–Crippen MR) is 78.1 cm³/mol. The van der Waals surface area contributed by atoms with Crippen molar-refractivity contribution >= 4 is 28.5 Å². The third kappa shape index (κ3) is 2.29. The summed E-state index contributed by atoms with van der Waals surface area (Å²) in [5.41, 5.74) is 1.43. The van der Waals surface area contributed by atoms with E-state index in [0.717, 1.165) is 22.6 Å². The second kappa shape index (κ2) is 4.98. The number of hydrogen-bond donors (Lipinski definition) is 0. The minimum absolute atomic E-state index is 0.214. The summed E-state index contributed by atoms with van der Waals surface area (Å²) in [6, 6.07) is 6.12. The average Bonchev–Trinajstić information content (AvgIpc) is 2.90. The molecule has 18 heavy (non-hydrogen) atoms. The van der Waals surface area contributed by atoms with Crippen LogP contribution in [0.4, 0.5) is 0 Å². The Kier molecular flexibility index (Phi) is 3.35. The number of rotatable bonds is 2. The van der Waals surface area contributed by atoms with Gasteiger partial charge in [0.2, 0.25) is 5.78 Å². The molecule has 1 aliphatic carbocycles. The number of hydrogen-bond acceptors (Lipinski definition) is 3. The van der Waals surface area contributed by atoms with Gasteiger partial charge in [0, 0.05) is 9.75 Å². The Labute approximate surface area is 115 Å². The second-order valence-electron chi connectivity index (χ2n) is 4.86. The number of carbonyl (C=O) groups is 1. The van der Waals surface area contributed by atoms with Crippen LogP contribution in [0.3, 0.4) is 0 Å². The zero-order chi connectivity index (χ0) is 12.5. The fraction of sp³-hybridized carbons (Fsp3) is 0.400. The molecule has 0 amide bonds. The van der Waals surface area contributed by atoms with Crippen LogP contribution in [-0.2, 0) is 12.8 Å². The van der Waals surface area contributed by atoms with Gasteiger partial charge in [-0.25, -0.2) is 0 Å². The Balaban J connectivity index is 1.91. The van der Waals surface area contributed by atoms with Crippen LogP contribution >= 0.6 is 22.7 Å². The van der Waals surface area contributed by atoms with E-state index < -0.39 is 0 Å². The first-order chi connectivity index (χ1) is 8.74. The summed E-state index contributed by atoms with van der Waals surface area (Å²) in [4.78, 5) is 16.9. The molecule has 2 aromatic rings. The predicted octanol–water partition coefficient (Wildman–Crippen LogP) is 4.62. The van der Waals surface area contributed by atoms with Gasteiger partial charge < -0.3 is 0 Å². The van der Waals surface area contributed by atoms with Gasteiger partial charge in [0.05, 0.1) is 9.75 Å². The van der Waals surface area contributed by atoms with Crippen molar-refractivity contribution in [1.29, 1.82) is 0 Å². The van der Waals surface area contributed by atoms with E-state index in [2.05, 4.69) is 6.07 Å². The molecule has 2 heterocycles. The number of aryl methyl sites for hydroxylation is 3. The van der Waals surface area contributed by atoms with Gasteiger partial charge >= 0.3 is 0 Å². The number of thiophene rings is 2. The van der Waals surface area contributed by atoms with Crippen molar-refractivity contribution in [2.75, 3.05) is 0 Å². The molecule has 0 N–H and O–H groups in total. The van der Waals surface area contributed by atoms with E-state index in [1.807, 2.05) is 19.1 Å². The lowest BCUT2D eigenvalue weighted by molar-refractivity contribution is 0.104. The monoisotopic (exact) mass is 276 g/mol. The van der Waals surface area contributed by atoms with Crippen LogP contribution in [0.1, 0.15) is 49.1 Å². The van der Waals surface area contributed by atoms with Crippen LogP contribution in [0.5, 0.6) is 0 Å². The van der Waals surface area contributed by atoms with Crippen LogP contribution in [0, 0.1) is 6.92 Å². The van der Waals surface area contributed by atoms with E-state index in [-0.39, 0.29) is 5.78 Å². The van der Waals surface area contributed by atoms with E-state index in [0.29, 0.717) is 0 Å². The summed E-state index contributed by atoms with van der Waals surface area (Å²) in [7, 11) is 0. The lowest BCUT2D eigenvalue weighted by Crippen LogP contribution is -1.94. The summed E-state index contributed by atoms with van der Waals surface area (Å²) >= 11 is 3.32. The number of carbonyl (C=O) groups excluding carboxylic acids is 1. The Bertz CT molecular complexity index is 554. The van der Waals surface area contributed by atoms with Crippen LogP contribution in [0.2, 0.25) is 0 Å². The van der Waals surface area contributed by atoms with Crippen molar-refractivity contribution in [3.05, 3.63) is 43.3 Å². The Hall–Kier alpha value is -0.930. The van der Waals surface area contributed by atoms with Crippen LogP contribution in [-0.4, -0.2) is 5.78 Å². The third-order valence-corrected chi connectivity index (χ3v) is 5.67. The molecule has 0 aliphatic heterocycles. The first kappa shape index (κ1) is 12.1. The van der Waals surface area contributed by atoms with Crippen LogP contribution < -0.4 is 0 Å². The maximum atomic E-state index is 12.4. The summed E-state index contributed by atoms with van der Waals surface area (Å²) in [6.07, 6.45) is 6.20. The third-order valence-electron chi connectivity index (χ3n) is 3.43. The van der Waals surface area contributed by atoms with Crippen LogP contribution in [0.15, 0.2) is 18.2 Å². The lowest BCUT2D eigenvalue weighted by Gasteiger charge is -1.94. The SMILES string of the molecule is Cc1ccc(C(=O)c2cc3c(s2)CCCCC3)s1. The standard InChI is InChI=1S/C15H16OS2/c1-10-7-8-13(17-10)15(16)14-9-11-5-3-2-4-6-12(11)18-14/h7-9H,2-6H2,1H3. The molecule has 2 aromatic heterocycles. The Morgan fingerprint density at radius 1 is 1.06 bits per heavy atom. The highest BCUT2D eigenvalue weighted by molar-refractivity contribution is 7.17. The number of fused-ring (bicyclic) bond motifs is 1. The molecule has 0 spiro atoms. The van der Waals surface area contributed by atoms with Crippen LogP contribution in [0.25, 0.3) is 0 Å². The van der Waals surface area contributed by atoms with E-state index in [1.54, 1.807) is 22.7 Å². The van der Waals surface area contributed by atoms with Crippen molar-refractivity contribution < 1.29 is 4.79 Å². The van der Waals surface area contributed by atoms with Gasteiger partial charge in [0.1, 0.15) is 0 Å². The maximum absolute atomic E-state index is 12.4.